The van der Waals surface area contributed by atoms with E-state index in [0.717, 1.165) is 11.4 Å². The Kier molecular flexibility index (Phi) is 4.90. The molecule has 2 aromatic heterocycles. The largest absolute Gasteiger partial charge is 0.305 e. The van der Waals surface area contributed by atoms with Crippen molar-refractivity contribution < 1.29 is 4.79 Å². The fourth-order valence-corrected chi connectivity index (χ4v) is 3.37. The minimum Gasteiger partial charge on any atom is -0.305 e. The molecular weight excluding hydrogens is 390 g/mol. The van der Waals surface area contributed by atoms with Crippen LogP contribution in [0.4, 0.5) is 5.82 Å². The van der Waals surface area contributed by atoms with Crippen LogP contribution in [0, 0.1) is 6.92 Å². The van der Waals surface area contributed by atoms with Crippen LogP contribution in [0.5, 0.6) is 0 Å². The van der Waals surface area contributed by atoms with Crippen LogP contribution >= 0.6 is 11.6 Å². The Hall–Kier alpha value is -3.45. The van der Waals surface area contributed by atoms with Crippen molar-refractivity contribution >= 4 is 34.1 Å². The number of fused-ring (bicyclic) bond motifs is 1. The number of amides is 1. The van der Waals surface area contributed by atoms with Gasteiger partial charge in [0.1, 0.15) is 5.82 Å². The molecule has 4 rings (SSSR count). The summed E-state index contributed by atoms with van der Waals surface area (Å²) in [7, 11) is 0. The number of benzene rings is 2. The molecular formula is C21H18ClN5O2. The van der Waals surface area contributed by atoms with Crippen LogP contribution in [0.1, 0.15) is 23.1 Å². The molecule has 0 fully saturated rings. The second-order valence-corrected chi connectivity index (χ2v) is 6.97. The van der Waals surface area contributed by atoms with E-state index in [2.05, 4.69) is 15.5 Å². The fraction of sp³-hybridized carbons (Fsp3) is 0.143. The number of hydrogen-bond acceptors (Lipinski definition) is 4. The lowest BCUT2D eigenvalue weighted by molar-refractivity contribution is 0.102. The number of aryl methyl sites for hydroxylation is 2. The van der Waals surface area contributed by atoms with Gasteiger partial charge in [-0.05, 0) is 38.1 Å². The second-order valence-electron chi connectivity index (χ2n) is 6.53. The van der Waals surface area contributed by atoms with Gasteiger partial charge in [-0.1, -0.05) is 35.9 Å². The molecule has 8 heteroatoms. The van der Waals surface area contributed by atoms with E-state index >= 15 is 0 Å². The van der Waals surface area contributed by atoms with Gasteiger partial charge in [-0.3, -0.25) is 9.59 Å². The quantitative estimate of drug-likeness (QED) is 0.557. The first kappa shape index (κ1) is 18.9. The molecule has 2 aromatic carbocycles. The first-order valence-electron chi connectivity index (χ1n) is 9.11. The van der Waals surface area contributed by atoms with E-state index in [1.165, 1.54) is 4.68 Å². The minimum absolute atomic E-state index is 0.179. The first-order chi connectivity index (χ1) is 14.0. The Bertz CT molecular complexity index is 1290. The van der Waals surface area contributed by atoms with Gasteiger partial charge in [-0.25, -0.2) is 9.36 Å². The summed E-state index contributed by atoms with van der Waals surface area (Å²) in [6.07, 6.45) is 0. The Morgan fingerprint density at radius 3 is 2.55 bits per heavy atom. The highest BCUT2D eigenvalue weighted by molar-refractivity contribution is 6.30. The summed E-state index contributed by atoms with van der Waals surface area (Å²) in [4.78, 5) is 25.6. The Balaban J connectivity index is 1.79. The van der Waals surface area contributed by atoms with Gasteiger partial charge in [0.15, 0.2) is 5.69 Å². The number of halogens is 1. The molecule has 4 aromatic rings. The van der Waals surface area contributed by atoms with Crippen LogP contribution in [0.3, 0.4) is 0 Å². The highest BCUT2D eigenvalue weighted by Crippen LogP contribution is 2.21. The van der Waals surface area contributed by atoms with Gasteiger partial charge in [0.2, 0.25) is 0 Å². The van der Waals surface area contributed by atoms with Crippen LogP contribution in [0.2, 0.25) is 5.02 Å². The van der Waals surface area contributed by atoms with Crippen LogP contribution in [-0.4, -0.2) is 25.5 Å². The molecule has 146 valence electrons. The molecule has 0 aliphatic rings. The van der Waals surface area contributed by atoms with E-state index in [0.29, 0.717) is 28.2 Å². The van der Waals surface area contributed by atoms with Gasteiger partial charge in [0.05, 0.1) is 16.8 Å². The van der Waals surface area contributed by atoms with Crippen molar-refractivity contribution in [3.8, 4) is 5.69 Å². The third kappa shape index (κ3) is 3.52. The van der Waals surface area contributed by atoms with Gasteiger partial charge in [-0.15, -0.1) is 0 Å². The smallest absolute Gasteiger partial charge is 0.277 e. The number of nitrogens with zero attached hydrogens (tertiary/aromatic N) is 4. The molecule has 0 saturated carbocycles. The van der Waals surface area contributed by atoms with E-state index < -0.39 is 5.91 Å². The van der Waals surface area contributed by atoms with E-state index in [1.807, 2.05) is 26.0 Å². The Morgan fingerprint density at radius 1 is 1.07 bits per heavy atom. The Labute approximate surface area is 171 Å². The van der Waals surface area contributed by atoms with Crippen molar-refractivity contribution in [2.24, 2.45) is 0 Å². The summed E-state index contributed by atoms with van der Waals surface area (Å²) in [5.41, 5.74) is 1.41. The molecule has 1 N–H and O–H groups in total. The molecule has 0 spiro atoms. The van der Waals surface area contributed by atoms with Gasteiger partial charge in [0, 0.05) is 23.0 Å². The SMILES string of the molecule is CCn1nc(C(=O)Nc2cc(C)nn2-c2cccc(Cl)c2)c2ccccc2c1=O. The zero-order valence-electron chi connectivity index (χ0n) is 15.9. The standard InChI is InChI=1S/C21H18ClN5O2/c1-3-26-21(29)17-10-5-4-9-16(17)19(25-26)20(28)23-18-11-13(2)24-27(18)15-8-6-7-14(22)12-15/h4-12H,3H2,1-2H3,(H,23,28). The molecule has 0 unspecified atom stereocenters. The molecule has 0 radical (unpaired) electrons. The molecule has 2 heterocycles. The van der Waals surface area contributed by atoms with E-state index in [9.17, 15) is 9.59 Å². The topological polar surface area (TPSA) is 81.8 Å². The maximum absolute atomic E-state index is 13.1. The third-order valence-electron chi connectivity index (χ3n) is 4.51. The molecule has 7 nitrogen and oxygen atoms in total. The third-order valence-corrected chi connectivity index (χ3v) is 4.74. The van der Waals surface area contributed by atoms with Gasteiger partial charge < -0.3 is 5.32 Å². The fourth-order valence-electron chi connectivity index (χ4n) is 3.19. The summed E-state index contributed by atoms with van der Waals surface area (Å²) >= 11 is 6.10. The van der Waals surface area contributed by atoms with E-state index in [1.54, 1.807) is 47.1 Å². The zero-order valence-corrected chi connectivity index (χ0v) is 16.6. The van der Waals surface area contributed by atoms with Crippen LogP contribution < -0.4 is 10.9 Å². The maximum atomic E-state index is 13.1. The van der Waals surface area contributed by atoms with Crippen molar-refractivity contribution in [1.29, 1.82) is 0 Å². The number of rotatable bonds is 4. The van der Waals surface area contributed by atoms with Gasteiger partial charge in [-0.2, -0.15) is 10.2 Å². The predicted octanol–water partition coefficient (Wildman–Crippen LogP) is 3.82. The number of aromatic nitrogens is 4. The Morgan fingerprint density at radius 2 is 1.83 bits per heavy atom. The molecule has 0 atom stereocenters. The average Bonchev–Trinajstić information content (AvgIpc) is 3.08. The lowest BCUT2D eigenvalue weighted by atomic mass is 10.1. The summed E-state index contributed by atoms with van der Waals surface area (Å²) in [5.74, 6) is 0.0569. The van der Waals surface area contributed by atoms with Crippen molar-refractivity contribution in [3.05, 3.63) is 81.4 Å². The van der Waals surface area contributed by atoms with E-state index in [4.69, 9.17) is 11.6 Å². The average molecular weight is 408 g/mol. The number of nitrogens with one attached hydrogen (secondary N) is 1. The lowest BCUT2D eigenvalue weighted by Crippen LogP contribution is -2.27. The van der Waals surface area contributed by atoms with Gasteiger partial charge >= 0.3 is 0 Å². The minimum atomic E-state index is -0.424. The van der Waals surface area contributed by atoms with Crippen LogP contribution in [0.25, 0.3) is 16.5 Å². The second kappa shape index (κ2) is 7.52. The highest BCUT2D eigenvalue weighted by atomic mass is 35.5. The first-order valence-corrected chi connectivity index (χ1v) is 9.49. The summed E-state index contributed by atoms with van der Waals surface area (Å²) < 4.78 is 2.90. The number of carbonyl (C=O) groups is 1. The maximum Gasteiger partial charge on any atom is 0.277 e. The highest BCUT2D eigenvalue weighted by Gasteiger charge is 2.18. The monoisotopic (exact) mass is 407 g/mol. The molecule has 0 aliphatic carbocycles. The molecule has 0 saturated heterocycles. The molecule has 29 heavy (non-hydrogen) atoms. The normalized spacial score (nSPS) is 11.0. The van der Waals surface area contributed by atoms with E-state index in [-0.39, 0.29) is 11.3 Å². The number of anilines is 1. The number of hydrogen-bond donors (Lipinski definition) is 1. The van der Waals surface area contributed by atoms with Crippen LogP contribution in [0.15, 0.2) is 59.4 Å². The molecule has 0 bridgehead atoms. The van der Waals surface area contributed by atoms with Crippen molar-refractivity contribution in [1.82, 2.24) is 19.6 Å². The van der Waals surface area contributed by atoms with Crippen LogP contribution in [-0.2, 0) is 6.54 Å². The molecule has 1 amide bonds. The summed E-state index contributed by atoms with van der Waals surface area (Å²) in [6.45, 7) is 4.01. The van der Waals surface area contributed by atoms with Crippen molar-refractivity contribution in [2.45, 2.75) is 20.4 Å². The zero-order chi connectivity index (χ0) is 20.5. The van der Waals surface area contributed by atoms with Crippen molar-refractivity contribution in [3.63, 3.8) is 0 Å². The summed E-state index contributed by atoms with van der Waals surface area (Å²) in [6, 6.07) is 15.9. The number of carbonyl (C=O) groups excluding carboxylic acids is 1. The summed E-state index contributed by atoms with van der Waals surface area (Å²) in [5, 5.41) is 13.1. The predicted molar refractivity (Wildman–Crippen MR) is 113 cm³/mol. The van der Waals surface area contributed by atoms with Gasteiger partial charge in [0.25, 0.3) is 11.5 Å². The van der Waals surface area contributed by atoms with Crippen molar-refractivity contribution in [2.75, 3.05) is 5.32 Å². The lowest BCUT2D eigenvalue weighted by Gasteiger charge is -2.11. The molecule has 0 aliphatic heterocycles.